The smallest absolute Gasteiger partial charge is 0.286 e. The van der Waals surface area contributed by atoms with Crippen LogP contribution in [0.2, 0.25) is 0 Å². The van der Waals surface area contributed by atoms with Crippen LogP contribution >= 0.6 is 15.9 Å². The molecule has 0 radical (unpaired) electrons. The van der Waals surface area contributed by atoms with Crippen molar-refractivity contribution in [3.05, 3.63) is 67.0 Å². The van der Waals surface area contributed by atoms with Gasteiger partial charge in [0.05, 0.1) is 17.7 Å². The van der Waals surface area contributed by atoms with Gasteiger partial charge in [-0.15, -0.1) is 0 Å². The summed E-state index contributed by atoms with van der Waals surface area (Å²) >= 11 is 3.30. The van der Waals surface area contributed by atoms with Crippen molar-refractivity contribution in [1.82, 2.24) is 4.57 Å². The molecule has 23 heavy (non-hydrogen) atoms. The minimum Gasteiger partial charge on any atom is -0.492 e. The summed E-state index contributed by atoms with van der Waals surface area (Å²) in [5, 5.41) is 10.9. The van der Waals surface area contributed by atoms with Crippen molar-refractivity contribution < 1.29 is 14.5 Å². The second kappa shape index (κ2) is 7.05. The number of ether oxygens (including phenoxy) is 1. The quantitative estimate of drug-likeness (QED) is 0.603. The van der Waals surface area contributed by atoms with Crippen molar-refractivity contribution in [2.45, 2.75) is 6.54 Å². The normalized spacial score (nSPS) is 10.3. The fraction of sp³-hybridized carbons (Fsp3) is 0.143. The lowest BCUT2D eigenvalue weighted by molar-refractivity contribution is -0.385. The van der Waals surface area contributed by atoms with Gasteiger partial charge in [-0.2, -0.15) is 0 Å². The maximum Gasteiger partial charge on any atom is 0.286 e. The molecule has 1 heterocycles. The number of carbonyl (C=O) groups excluding carboxylic acids is 1. The number of nitro groups is 1. The molecule has 2 aromatic rings. The van der Waals surface area contributed by atoms with E-state index in [-0.39, 0.29) is 18.8 Å². The molecule has 2 rings (SSSR count). The topological polar surface area (TPSA) is 117 Å². The first-order chi connectivity index (χ1) is 10.9. The number of pyridine rings is 1. The molecule has 0 aliphatic heterocycles. The number of aromatic nitrogens is 1. The van der Waals surface area contributed by atoms with Crippen LogP contribution in [0.1, 0.15) is 10.4 Å². The third-order valence-corrected chi connectivity index (χ3v) is 3.44. The summed E-state index contributed by atoms with van der Waals surface area (Å²) in [5.41, 5.74) is 3.57. The molecule has 0 saturated heterocycles. The summed E-state index contributed by atoms with van der Waals surface area (Å²) in [4.78, 5) is 33.5. The Bertz CT molecular complexity index is 818. The van der Waals surface area contributed by atoms with Crippen LogP contribution in [0.25, 0.3) is 0 Å². The van der Waals surface area contributed by atoms with Gasteiger partial charge in [0.25, 0.3) is 17.2 Å². The molecule has 1 aromatic carbocycles. The molecule has 1 amide bonds. The van der Waals surface area contributed by atoms with Gasteiger partial charge in [-0.25, -0.2) is 0 Å². The zero-order chi connectivity index (χ0) is 17.0. The second-order valence-corrected chi connectivity index (χ2v) is 5.45. The van der Waals surface area contributed by atoms with Crippen LogP contribution in [-0.2, 0) is 6.54 Å². The maximum absolute atomic E-state index is 12.1. The van der Waals surface area contributed by atoms with Crippen LogP contribution in [0.15, 0.2) is 45.8 Å². The number of primary amides is 1. The van der Waals surface area contributed by atoms with Crippen LogP contribution in [0, 0.1) is 10.1 Å². The van der Waals surface area contributed by atoms with Gasteiger partial charge in [0.15, 0.2) is 0 Å². The van der Waals surface area contributed by atoms with Crippen molar-refractivity contribution in [3.63, 3.8) is 0 Å². The second-order valence-electron chi connectivity index (χ2n) is 4.54. The fourth-order valence-corrected chi connectivity index (χ4v) is 2.26. The van der Waals surface area contributed by atoms with Crippen LogP contribution in [0.4, 0.5) is 5.69 Å². The molecule has 0 fully saturated rings. The minimum atomic E-state index is -1.01. The van der Waals surface area contributed by atoms with Crippen molar-refractivity contribution in [1.29, 1.82) is 0 Å². The number of rotatable bonds is 6. The Balaban J connectivity index is 2.20. The zero-order valence-corrected chi connectivity index (χ0v) is 13.4. The molecule has 2 N–H and O–H groups in total. The van der Waals surface area contributed by atoms with Crippen molar-refractivity contribution in [2.75, 3.05) is 6.61 Å². The lowest BCUT2D eigenvalue weighted by Crippen LogP contribution is -2.31. The third-order valence-electron chi connectivity index (χ3n) is 2.94. The van der Waals surface area contributed by atoms with Crippen LogP contribution in [-0.4, -0.2) is 22.0 Å². The summed E-state index contributed by atoms with van der Waals surface area (Å²) in [6, 6.07) is 7.96. The van der Waals surface area contributed by atoms with E-state index in [9.17, 15) is 19.7 Å². The number of hydrogen-bond donors (Lipinski definition) is 1. The molecule has 0 spiro atoms. The highest BCUT2D eigenvalue weighted by molar-refractivity contribution is 9.10. The molecule has 0 unspecified atom stereocenters. The fourth-order valence-electron chi connectivity index (χ4n) is 1.88. The predicted molar refractivity (Wildman–Crippen MR) is 85.5 cm³/mol. The molecule has 0 aliphatic carbocycles. The van der Waals surface area contributed by atoms with E-state index < -0.39 is 22.0 Å². The van der Waals surface area contributed by atoms with Gasteiger partial charge in [0.1, 0.15) is 17.9 Å². The summed E-state index contributed by atoms with van der Waals surface area (Å²) in [6.45, 7) is 0.128. The standard InChI is InChI=1S/C14H12BrN3O5/c15-9-2-1-3-11(6-9)23-5-4-17-8-10(18(21)22)7-12(13(16)19)14(17)20/h1-3,6-8H,4-5H2,(H2,16,19). The highest BCUT2D eigenvalue weighted by Gasteiger charge is 2.17. The van der Waals surface area contributed by atoms with E-state index in [1.165, 1.54) is 0 Å². The first kappa shape index (κ1) is 16.7. The maximum atomic E-state index is 12.1. The lowest BCUT2D eigenvalue weighted by atomic mass is 10.2. The van der Waals surface area contributed by atoms with Gasteiger partial charge < -0.3 is 15.0 Å². The van der Waals surface area contributed by atoms with Gasteiger partial charge >= 0.3 is 0 Å². The third kappa shape index (κ3) is 4.16. The number of halogens is 1. The van der Waals surface area contributed by atoms with Crippen molar-refractivity contribution in [3.8, 4) is 5.75 Å². The van der Waals surface area contributed by atoms with Gasteiger partial charge in [0.2, 0.25) is 0 Å². The molecular weight excluding hydrogens is 370 g/mol. The zero-order valence-electron chi connectivity index (χ0n) is 11.8. The number of nitrogens with zero attached hydrogens (tertiary/aromatic N) is 2. The van der Waals surface area contributed by atoms with E-state index >= 15 is 0 Å². The van der Waals surface area contributed by atoms with E-state index in [4.69, 9.17) is 10.5 Å². The summed E-state index contributed by atoms with van der Waals surface area (Å²) in [5.74, 6) is -0.437. The molecule has 120 valence electrons. The van der Waals surface area contributed by atoms with E-state index in [2.05, 4.69) is 15.9 Å². The van der Waals surface area contributed by atoms with Crippen LogP contribution < -0.4 is 16.0 Å². The number of amides is 1. The SMILES string of the molecule is NC(=O)c1cc([N+](=O)[O-])cn(CCOc2cccc(Br)c2)c1=O. The molecule has 0 bridgehead atoms. The Hall–Kier alpha value is -2.68. The minimum absolute atomic E-state index is 0.0350. The molecule has 0 atom stereocenters. The van der Waals surface area contributed by atoms with E-state index in [0.29, 0.717) is 5.75 Å². The summed E-state index contributed by atoms with van der Waals surface area (Å²) < 4.78 is 7.34. The highest BCUT2D eigenvalue weighted by Crippen LogP contribution is 2.17. The van der Waals surface area contributed by atoms with Gasteiger partial charge in [-0.3, -0.25) is 19.7 Å². The van der Waals surface area contributed by atoms with Crippen LogP contribution in [0.3, 0.4) is 0 Å². The highest BCUT2D eigenvalue weighted by atomic mass is 79.9. The van der Waals surface area contributed by atoms with E-state index in [1.807, 2.05) is 6.07 Å². The lowest BCUT2D eigenvalue weighted by Gasteiger charge is -2.09. The molecular formula is C14H12BrN3O5. The Morgan fingerprint density at radius 2 is 2.13 bits per heavy atom. The largest absolute Gasteiger partial charge is 0.492 e. The Morgan fingerprint density at radius 3 is 2.74 bits per heavy atom. The molecule has 0 saturated carbocycles. The number of nitrogens with two attached hydrogens (primary N) is 1. The molecule has 8 nitrogen and oxygen atoms in total. The number of benzene rings is 1. The van der Waals surface area contributed by atoms with Gasteiger partial charge in [-0.05, 0) is 18.2 Å². The number of hydrogen-bond acceptors (Lipinski definition) is 5. The first-order valence-electron chi connectivity index (χ1n) is 6.45. The molecule has 9 heteroatoms. The Labute approximate surface area is 138 Å². The predicted octanol–water partition coefficient (Wildman–Crippen LogP) is 1.70. The van der Waals surface area contributed by atoms with Gasteiger partial charge in [0, 0.05) is 10.5 Å². The summed E-state index contributed by atoms with van der Waals surface area (Å²) in [7, 11) is 0. The Kier molecular flexibility index (Phi) is 5.12. The summed E-state index contributed by atoms with van der Waals surface area (Å²) in [6.07, 6.45) is 1.05. The van der Waals surface area contributed by atoms with Crippen LogP contribution in [0.5, 0.6) is 5.75 Å². The van der Waals surface area contributed by atoms with Crippen molar-refractivity contribution in [2.24, 2.45) is 5.73 Å². The molecule has 0 aliphatic rings. The van der Waals surface area contributed by atoms with E-state index in [0.717, 1.165) is 21.3 Å². The Morgan fingerprint density at radius 1 is 1.39 bits per heavy atom. The van der Waals surface area contributed by atoms with Gasteiger partial charge in [-0.1, -0.05) is 22.0 Å². The number of carbonyl (C=O) groups is 1. The molecule has 1 aromatic heterocycles. The average Bonchev–Trinajstić information content (AvgIpc) is 2.48. The average molecular weight is 382 g/mol. The van der Waals surface area contributed by atoms with Crippen molar-refractivity contribution >= 4 is 27.5 Å². The monoisotopic (exact) mass is 381 g/mol. The van der Waals surface area contributed by atoms with E-state index in [1.54, 1.807) is 18.2 Å². The first-order valence-corrected chi connectivity index (χ1v) is 7.25.